The average molecular weight is 273 g/mol. The molecule has 2 heteroatoms. The van der Waals surface area contributed by atoms with Crippen LogP contribution in [0.2, 0.25) is 0 Å². The summed E-state index contributed by atoms with van der Waals surface area (Å²) in [5.74, 6) is 0. The lowest BCUT2D eigenvalue weighted by Crippen LogP contribution is -2.32. The Morgan fingerprint density at radius 2 is 1.84 bits per heavy atom. The van der Waals surface area contributed by atoms with Gasteiger partial charge in [0.1, 0.15) is 0 Å². The number of nitrogens with one attached hydrogen (secondary N) is 1. The summed E-state index contributed by atoms with van der Waals surface area (Å²) in [6.07, 6.45) is 3.66. The van der Waals surface area contributed by atoms with Crippen LogP contribution in [-0.2, 0) is 0 Å². The number of benzene rings is 1. The second kappa shape index (κ2) is 7.46. The molecule has 2 atom stereocenters. The van der Waals surface area contributed by atoms with E-state index in [0.29, 0.717) is 12.1 Å². The quantitative estimate of drug-likeness (QED) is 0.748. The Balaban J connectivity index is 2.20. The molecule has 1 aromatic heterocycles. The lowest BCUT2D eigenvalue weighted by Gasteiger charge is -2.24. The molecule has 0 saturated heterocycles. The van der Waals surface area contributed by atoms with Crippen LogP contribution in [0.4, 0.5) is 0 Å². The van der Waals surface area contributed by atoms with Gasteiger partial charge < -0.3 is 5.32 Å². The van der Waals surface area contributed by atoms with Gasteiger partial charge in [-0.25, -0.2) is 0 Å². The van der Waals surface area contributed by atoms with E-state index in [2.05, 4.69) is 67.0 Å². The van der Waals surface area contributed by atoms with E-state index in [1.807, 2.05) is 11.3 Å². The second-order valence-corrected chi connectivity index (χ2v) is 5.90. The van der Waals surface area contributed by atoms with E-state index in [0.717, 1.165) is 0 Å². The van der Waals surface area contributed by atoms with E-state index < -0.39 is 0 Å². The molecule has 2 aromatic rings. The highest BCUT2D eigenvalue weighted by Crippen LogP contribution is 2.27. The van der Waals surface area contributed by atoms with Crippen molar-refractivity contribution in [1.29, 1.82) is 0 Å². The zero-order valence-electron chi connectivity index (χ0n) is 11.8. The highest BCUT2D eigenvalue weighted by molar-refractivity contribution is 7.10. The molecule has 19 heavy (non-hydrogen) atoms. The Bertz CT molecular complexity index is 449. The fourth-order valence-corrected chi connectivity index (χ4v) is 3.24. The van der Waals surface area contributed by atoms with E-state index in [-0.39, 0.29) is 0 Å². The SMILES string of the molecule is CCCC(CC)NC(c1ccccc1)c1cccs1. The van der Waals surface area contributed by atoms with Crippen LogP contribution in [0.3, 0.4) is 0 Å². The highest BCUT2D eigenvalue weighted by atomic mass is 32.1. The largest absolute Gasteiger partial charge is 0.303 e. The van der Waals surface area contributed by atoms with Gasteiger partial charge in [0.15, 0.2) is 0 Å². The van der Waals surface area contributed by atoms with Crippen molar-refractivity contribution < 1.29 is 0 Å². The molecule has 2 rings (SSSR count). The first kappa shape index (κ1) is 14.3. The van der Waals surface area contributed by atoms with Gasteiger partial charge in [0.25, 0.3) is 0 Å². The van der Waals surface area contributed by atoms with Gasteiger partial charge in [-0.1, -0.05) is 56.7 Å². The molecule has 0 aliphatic heterocycles. The minimum atomic E-state index is 0.331. The van der Waals surface area contributed by atoms with Crippen LogP contribution in [0.15, 0.2) is 47.8 Å². The Kier molecular flexibility index (Phi) is 5.62. The van der Waals surface area contributed by atoms with Crippen molar-refractivity contribution in [2.45, 2.75) is 45.2 Å². The molecular weight excluding hydrogens is 250 g/mol. The van der Waals surface area contributed by atoms with Crippen molar-refractivity contribution in [3.63, 3.8) is 0 Å². The molecule has 0 saturated carbocycles. The number of thiophene rings is 1. The first-order chi connectivity index (χ1) is 9.35. The third-order valence-electron chi connectivity index (χ3n) is 3.49. The van der Waals surface area contributed by atoms with Gasteiger partial charge in [0, 0.05) is 10.9 Å². The summed E-state index contributed by atoms with van der Waals surface area (Å²) in [5.41, 5.74) is 1.36. The molecule has 0 aliphatic carbocycles. The minimum Gasteiger partial charge on any atom is -0.303 e. The molecule has 1 heterocycles. The van der Waals surface area contributed by atoms with Crippen LogP contribution >= 0.6 is 11.3 Å². The van der Waals surface area contributed by atoms with Gasteiger partial charge in [-0.05, 0) is 29.9 Å². The molecule has 1 N–H and O–H groups in total. The van der Waals surface area contributed by atoms with E-state index in [1.165, 1.54) is 29.7 Å². The van der Waals surface area contributed by atoms with Crippen LogP contribution < -0.4 is 5.32 Å². The lowest BCUT2D eigenvalue weighted by atomic mass is 10.0. The Morgan fingerprint density at radius 3 is 2.42 bits per heavy atom. The molecule has 0 amide bonds. The topological polar surface area (TPSA) is 12.0 Å². The van der Waals surface area contributed by atoms with Gasteiger partial charge in [0.2, 0.25) is 0 Å². The molecule has 1 nitrogen and oxygen atoms in total. The third-order valence-corrected chi connectivity index (χ3v) is 4.43. The van der Waals surface area contributed by atoms with E-state index in [4.69, 9.17) is 0 Å². The molecule has 0 spiro atoms. The number of rotatable bonds is 7. The monoisotopic (exact) mass is 273 g/mol. The summed E-state index contributed by atoms with van der Waals surface area (Å²) in [4.78, 5) is 1.40. The third kappa shape index (κ3) is 3.92. The molecule has 0 fully saturated rings. The predicted molar refractivity (Wildman–Crippen MR) is 84.7 cm³/mol. The van der Waals surface area contributed by atoms with Gasteiger partial charge >= 0.3 is 0 Å². The Hall–Kier alpha value is -1.12. The average Bonchev–Trinajstić information content (AvgIpc) is 2.98. The predicted octanol–water partition coefficient (Wildman–Crippen LogP) is 5.01. The lowest BCUT2D eigenvalue weighted by molar-refractivity contribution is 0.433. The standard InChI is InChI=1S/C17H23NS/c1-3-9-15(4-2)18-17(16-12-8-13-19-16)14-10-6-5-7-11-14/h5-8,10-13,15,17-18H,3-4,9H2,1-2H3. The van der Waals surface area contributed by atoms with Crippen molar-refractivity contribution in [2.75, 3.05) is 0 Å². The van der Waals surface area contributed by atoms with Crippen LogP contribution in [-0.4, -0.2) is 6.04 Å². The van der Waals surface area contributed by atoms with Crippen LogP contribution in [0, 0.1) is 0 Å². The van der Waals surface area contributed by atoms with Crippen molar-refractivity contribution in [3.05, 3.63) is 58.3 Å². The van der Waals surface area contributed by atoms with Crippen molar-refractivity contribution in [2.24, 2.45) is 0 Å². The van der Waals surface area contributed by atoms with Crippen LogP contribution in [0.1, 0.15) is 49.6 Å². The van der Waals surface area contributed by atoms with E-state index >= 15 is 0 Å². The maximum absolute atomic E-state index is 3.83. The summed E-state index contributed by atoms with van der Waals surface area (Å²) in [6, 6.07) is 16.1. The summed E-state index contributed by atoms with van der Waals surface area (Å²) in [5, 5.41) is 5.99. The summed E-state index contributed by atoms with van der Waals surface area (Å²) >= 11 is 1.83. The zero-order valence-corrected chi connectivity index (χ0v) is 12.6. The maximum Gasteiger partial charge on any atom is 0.0673 e. The molecule has 0 bridgehead atoms. The smallest absolute Gasteiger partial charge is 0.0673 e. The normalized spacial score (nSPS) is 14.2. The number of hydrogen-bond donors (Lipinski definition) is 1. The fourth-order valence-electron chi connectivity index (χ4n) is 2.43. The summed E-state index contributed by atoms with van der Waals surface area (Å²) in [6.45, 7) is 4.52. The first-order valence-electron chi connectivity index (χ1n) is 7.19. The highest BCUT2D eigenvalue weighted by Gasteiger charge is 2.18. The van der Waals surface area contributed by atoms with Gasteiger partial charge in [0.05, 0.1) is 6.04 Å². The van der Waals surface area contributed by atoms with Gasteiger partial charge in [-0.15, -0.1) is 11.3 Å². The van der Waals surface area contributed by atoms with Gasteiger partial charge in [-0.2, -0.15) is 0 Å². The molecule has 0 aliphatic rings. The number of hydrogen-bond acceptors (Lipinski definition) is 2. The van der Waals surface area contributed by atoms with Crippen molar-refractivity contribution in [3.8, 4) is 0 Å². The first-order valence-corrected chi connectivity index (χ1v) is 8.07. The van der Waals surface area contributed by atoms with Gasteiger partial charge in [-0.3, -0.25) is 0 Å². The van der Waals surface area contributed by atoms with Crippen LogP contribution in [0.5, 0.6) is 0 Å². The Labute approximate surface area is 120 Å². The van der Waals surface area contributed by atoms with Crippen LogP contribution in [0.25, 0.3) is 0 Å². The molecule has 0 radical (unpaired) electrons. The summed E-state index contributed by atoms with van der Waals surface area (Å²) in [7, 11) is 0. The minimum absolute atomic E-state index is 0.331. The maximum atomic E-state index is 3.83. The second-order valence-electron chi connectivity index (χ2n) is 4.92. The van der Waals surface area contributed by atoms with E-state index in [9.17, 15) is 0 Å². The zero-order chi connectivity index (χ0) is 13.5. The molecule has 2 unspecified atom stereocenters. The molecule has 102 valence electrons. The molecule has 1 aromatic carbocycles. The van der Waals surface area contributed by atoms with Crippen molar-refractivity contribution >= 4 is 11.3 Å². The van der Waals surface area contributed by atoms with Crippen molar-refractivity contribution in [1.82, 2.24) is 5.32 Å². The van der Waals surface area contributed by atoms with E-state index in [1.54, 1.807) is 0 Å². The fraction of sp³-hybridized carbons (Fsp3) is 0.412. The Morgan fingerprint density at radius 1 is 1.05 bits per heavy atom. The molecular formula is C17H23NS. The summed E-state index contributed by atoms with van der Waals surface area (Å²) < 4.78 is 0.